The molecular weight excluding hydrogens is 334 g/mol. The molecule has 0 aliphatic carbocycles. The fourth-order valence-corrected chi connectivity index (χ4v) is 1.96. The number of H-pyrrole nitrogens is 1. The Kier molecular flexibility index (Phi) is 4.06. The van der Waals surface area contributed by atoms with Gasteiger partial charge in [0.25, 0.3) is 5.91 Å². The smallest absolute Gasteiger partial charge is 0.278 e. The zero-order valence-corrected chi connectivity index (χ0v) is 12.3. The fraction of sp³-hybridized carbons (Fsp3) is 0.182. The Morgan fingerprint density at radius 1 is 1.63 bits per heavy atom. The maximum atomic E-state index is 12.0. The monoisotopic (exact) mass is 343 g/mol. The zero-order valence-electron chi connectivity index (χ0n) is 10.00. The first-order chi connectivity index (χ1) is 9.02. The Morgan fingerprint density at radius 3 is 2.95 bits per heavy atom. The molecule has 0 saturated heterocycles. The number of nitrogens with one attached hydrogen (secondary N) is 2. The number of carbonyl (C=O) groups is 1. The van der Waals surface area contributed by atoms with Gasteiger partial charge in [-0.2, -0.15) is 5.10 Å². The minimum absolute atomic E-state index is 0.169. The van der Waals surface area contributed by atoms with Crippen LogP contribution in [0, 0.1) is 0 Å². The normalized spacial score (nSPS) is 10.5. The molecule has 0 aromatic carbocycles. The largest absolute Gasteiger partial charge is 0.395 e. The summed E-state index contributed by atoms with van der Waals surface area (Å²) in [6.45, 7) is 1.92. The number of nitrogen functional groups attached to an aromatic ring is 1. The van der Waals surface area contributed by atoms with Gasteiger partial charge in [-0.05, 0) is 28.4 Å². The van der Waals surface area contributed by atoms with Crippen molar-refractivity contribution >= 4 is 44.8 Å². The highest BCUT2D eigenvalue weighted by molar-refractivity contribution is 9.10. The van der Waals surface area contributed by atoms with Crippen LogP contribution in [0.1, 0.15) is 23.1 Å². The van der Waals surface area contributed by atoms with Gasteiger partial charge in [-0.1, -0.05) is 18.5 Å². The van der Waals surface area contributed by atoms with E-state index in [9.17, 15) is 4.79 Å². The summed E-state index contributed by atoms with van der Waals surface area (Å²) in [6.07, 6.45) is 2.13. The number of aromatic amines is 1. The molecule has 0 radical (unpaired) electrons. The first kappa shape index (κ1) is 13.8. The van der Waals surface area contributed by atoms with Gasteiger partial charge >= 0.3 is 0 Å². The molecule has 1 amide bonds. The van der Waals surface area contributed by atoms with Gasteiger partial charge in [-0.3, -0.25) is 9.89 Å². The maximum absolute atomic E-state index is 12.0. The van der Waals surface area contributed by atoms with Crippen LogP contribution < -0.4 is 11.1 Å². The van der Waals surface area contributed by atoms with E-state index in [0.29, 0.717) is 27.4 Å². The summed E-state index contributed by atoms with van der Waals surface area (Å²) >= 11 is 9.00. The number of aryl methyl sites for hydroxylation is 1. The Morgan fingerprint density at radius 2 is 2.37 bits per heavy atom. The van der Waals surface area contributed by atoms with Gasteiger partial charge in [0.05, 0.1) is 27.7 Å². The van der Waals surface area contributed by atoms with E-state index in [1.54, 1.807) is 6.07 Å². The van der Waals surface area contributed by atoms with Crippen molar-refractivity contribution in [1.82, 2.24) is 15.2 Å². The second-order valence-corrected chi connectivity index (χ2v) is 4.98. The lowest BCUT2D eigenvalue weighted by Gasteiger charge is -2.04. The molecule has 0 saturated carbocycles. The molecule has 2 aromatic heterocycles. The average Bonchev–Trinajstić information content (AvgIpc) is 2.75. The Labute approximate surface area is 122 Å². The predicted molar refractivity (Wildman–Crippen MR) is 77.3 cm³/mol. The Hall–Kier alpha value is -1.60. The number of aromatic nitrogens is 3. The Bertz CT molecular complexity index is 628. The van der Waals surface area contributed by atoms with Crippen molar-refractivity contribution in [2.45, 2.75) is 13.3 Å². The van der Waals surface area contributed by atoms with E-state index in [2.05, 4.69) is 36.4 Å². The zero-order chi connectivity index (χ0) is 14.0. The highest BCUT2D eigenvalue weighted by Crippen LogP contribution is 2.23. The number of hydrogen-bond acceptors (Lipinski definition) is 4. The van der Waals surface area contributed by atoms with Crippen LogP contribution in [0.15, 0.2) is 16.7 Å². The Balaban J connectivity index is 2.20. The summed E-state index contributed by atoms with van der Waals surface area (Å²) in [7, 11) is 0. The molecule has 0 fully saturated rings. The molecule has 0 aliphatic heterocycles. The van der Waals surface area contributed by atoms with Crippen molar-refractivity contribution in [3.8, 4) is 0 Å². The summed E-state index contributed by atoms with van der Waals surface area (Å²) in [6, 6.07) is 1.65. The molecule has 0 bridgehead atoms. The lowest BCUT2D eigenvalue weighted by atomic mass is 10.2. The van der Waals surface area contributed by atoms with Crippen LogP contribution >= 0.6 is 27.5 Å². The molecule has 8 heteroatoms. The number of carbonyl (C=O) groups excluding carboxylic acids is 1. The maximum Gasteiger partial charge on any atom is 0.278 e. The number of nitrogens with two attached hydrogens (primary N) is 1. The first-order valence-corrected chi connectivity index (χ1v) is 6.65. The number of pyridine rings is 1. The van der Waals surface area contributed by atoms with Gasteiger partial charge in [0.1, 0.15) is 5.15 Å². The molecule has 0 aliphatic rings. The van der Waals surface area contributed by atoms with Gasteiger partial charge in [0.15, 0.2) is 5.69 Å². The number of halogens is 2. The van der Waals surface area contributed by atoms with Crippen LogP contribution in [-0.2, 0) is 6.42 Å². The van der Waals surface area contributed by atoms with E-state index in [1.165, 1.54) is 6.20 Å². The molecule has 0 atom stereocenters. The predicted octanol–water partition coefficient (Wildman–Crippen LogP) is 2.62. The number of rotatable bonds is 3. The molecule has 4 N–H and O–H groups in total. The molecule has 0 spiro atoms. The van der Waals surface area contributed by atoms with Crippen molar-refractivity contribution in [3.63, 3.8) is 0 Å². The van der Waals surface area contributed by atoms with E-state index >= 15 is 0 Å². The highest BCUT2D eigenvalue weighted by Gasteiger charge is 2.16. The van der Waals surface area contributed by atoms with Gasteiger partial charge in [0.2, 0.25) is 0 Å². The highest BCUT2D eigenvalue weighted by atomic mass is 79.9. The van der Waals surface area contributed by atoms with E-state index in [0.717, 1.165) is 5.69 Å². The van der Waals surface area contributed by atoms with Gasteiger partial charge in [-0.25, -0.2) is 4.98 Å². The van der Waals surface area contributed by atoms with Crippen molar-refractivity contribution < 1.29 is 4.79 Å². The molecule has 2 aromatic rings. The minimum Gasteiger partial charge on any atom is -0.395 e. The molecular formula is C11H11BrClN5O. The lowest BCUT2D eigenvalue weighted by Crippen LogP contribution is -2.14. The second kappa shape index (κ2) is 5.58. The fourth-order valence-electron chi connectivity index (χ4n) is 1.51. The summed E-state index contributed by atoms with van der Waals surface area (Å²) in [5.41, 5.74) is 7.59. The van der Waals surface area contributed by atoms with Crippen molar-refractivity contribution in [2.75, 3.05) is 11.1 Å². The van der Waals surface area contributed by atoms with Crippen LogP contribution in [0.3, 0.4) is 0 Å². The van der Waals surface area contributed by atoms with Crippen molar-refractivity contribution in [1.29, 1.82) is 0 Å². The SMILES string of the molecule is CCc1[nH]nc(C(=O)Nc2cnc(Cl)c(Br)c2)c1N. The third-order valence-electron chi connectivity index (χ3n) is 2.51. The van der Waals surface area contributed by atoms with E-state index in [1.807, 2.05) is 6.92 Å². The number of amides is 1. The van der Waals surface area contributed by atoms with Crippen LogP contribution in [0.4, 0.5) is 11.4 Å². The van der Waals surface area contributed by atoms with Crippen LogP contribution in [0.5, 0.6) is 0 Å². The van der Waals surface area contributed by atoms with E-state index in [-0.39, 0.29) is 5.69 Å². The molecule has 100 valence electrons. The van der Waals surface area contributed by atoms with Crippen molar-refractivity contribution in [3.05, 3.63) is 33.3 Å². The minimum atomic E-state index is -0.399. The standard InChI is InChI=1S/C11H11BrClN5O/c1-2-7-8(14)9(18-17-7)11(19)16-5-3-6(12)10(13)15-4-5/h3-4H,2,14H2,1H3,(H,16,19)(H,17,18). The van der Waals surface area contributed by atoms with E-state index < -0.39 is 5.91 Å². The van der Waals surface area contributed by atoms with Gasteiger partial charge in [-0.15, -0.1) is 0 Å². The first-order valence-electron chi connectivity index (χ1n) is 5.48. The van der Waals surface area contributed by atoms with E-state index in [4.69, 9.17) is 17.3 Å². The number of anilines is 2. The van der Waals surface area contributed by atoms with Crippen LogP contribution in [0.2, 0.25) is 5.15 Å². The van der Waals surface area contributed by atoms with Gasteiger partial charge < -0.3 is 11.1 Å². The van der Waals surface area contributed by atoms with Crippen LogP contribution in [0.25, 0.3) is 0 Å². The third-order valence-corrected chi connectivity index (χ3v) is 3.64. The summed E-state index contributed by atoms with van der Waals surface area (Å²) < 4.78 is 0.594. The quantitative estimate of drug-likeness (QED) is 0.746. The van der Waals surface area contributed by atoms with Gasteiger partial charge in [0, 0.05) is 0 Å². The summed E-state index contributed by atoms with van der Waals surface area (Å²) in [5.74, 6) is -0.399. The molecule has 6 nitrogen and oxygen atoms in total. The van der Waals surface area contributed by atoms with Crippen molar-refractivity contribution in [2.24, 2.45) is 0 Å². The topological polar surface area (TPSA) is 96.7 Å². The summed E-state index contributed by atoms with van der Waals surface area (Å²) in [5, 5.41) is 9.61. The molecule has 2 heterocycles. The number of hydrogen-bond donors (Lipinski definition) is 3. The lowest BCUT2D eigenvalue weighted by molar-refractivity contribution is 0.102. The molecule has 19 heavy (non-hydrogen) atoms. The summed E-state index contributed by atoms with van der Waals surface area (Å²) in [4.78, 5) is 15.9. The number of nitrogens with zero attached hydrogens (tertiary/aromatic N) is 2. The molecule has 2 rings (SSSR count). The molecule has 0 unspecified atom stereocenters. The van der Waals surface area contributed by atoms with Crippen LogP contribution in [-0.4, -0.2) is 21.1 Å². The second-order valence-electron chi connectivity index (χ2n) is 3.77. The third kappa shape index (κ3) is 2.87. The average molecular weight is 345 g/mol.